The topological polar surface area (TPSA) is 72.3 Å². The van der Waals surface area contributed by atoms with E-state index in [2.05, 4.69) is 10.1 Å². The van der Waals surface area contributed by atoms with Crippen molar-refractivity contribution in [3.8, 4) is 28.6 Å². The maximum absolute atomic E-state index is 9.44. The molecular weight excluding hydrogens is 244 g/mol. The van der Waals surface area contributed by atoms with Gasteiger partial charge in [-0.3, -0.25) is 0 Å². The average Bonchev–Trinajstić information content (AvgIpc) is 2.96. The van der Waals surface area contributed by atoms with E-state index in [4.69, 9.17) is 8.94 Å². The third kappa shape index (κ3) is 2.10. The molecule has 0 aliphatic rings. The minimum absolute atomic E-state index is 0.166. The highest BCUT2D eigenvalue weighted by Gasteiger charge is 2.15. The Labute approximate surface area is 109 Å². The number of benzene rings is 1. The van der Waals surface area contributed by atoms with E-state index in [9.17, 15) is 5.11 Å². The number of aromatic nitrogens is 2. The molecule has 1 aromatic carbocycles. The fourth-order valence-corrected chi connectivity index (χ4v) is 1.94. The smallest absolute Gasteiger partial charge is 0.261 e. The van der Waals surface area contributed by atoms with Gasteiger partial charge in [0.2, 0.25) is 5.82 Å². The Hall–Kier alpha value is -2.56. The van der Waals surface area contributed by atoms with Gasteiger partial charge in [0.05, 0.1) is 5.56 Å². The molecule has 3 rings (SSSR count). The molecule has 19 heavy (non-hydrogen) atoms. The summed E-state index contributed by atoms with van der Waals surface area (Å²) in [6.07, 6.45) is 0. The molecule has 0 saturated carbocycles. The van der Waals surface area contributed by atoms with Crippen molar-refractivity contribution in [2.75, 3.05) is 0 Å². The fourth-order valence-electron chi connectivity index (χ4n) is 1.94. The van der Waals surface area contributed by atoms with E-state index in [1.807, 2.05) is 26.0 Å². The minimum atomic E-state index is 0.166. The lowest BCUT2D eigenvalue weighted by molar-refractivity contribution is 0.430. The van der Waals surface area contributed by atoms with Crippen molar-refractivity contribution in [2.24, 2.45) is 0 Å². The molecule has 2 heterocycles. The molecule has 0 aliphatic carbocycles. The molecule has 0 fully saturated rings. The van der Waals surface area contributed by atoms with Crippen LogP contribution in [-0.2, 0) is 0 Å². The number of phenols is 1. The zero-order valence-electron chi connectivity index (χ0n) is 10.5. The van der Waals surface area contributed by atoms with Gasteiger partial charge >= 0.3 is 0 Å². The van der Waals surface area contributed by atoms with Gasteiger partial charge in [-0.25, -0.2) is 0 Å². The van der Waals surface area contributed by atoms with Crippen LogP contribution in [0.2, 0.25) is 0 Å². The van der Waals surface area contributed by atoms with E-state index in [-0.39, 0.29) is 5.75 Å². The standard InChI is InChI=1S/C14H12N2O3/c1-8-6-12(9(2)18-8)14-15-13(16-19-14)10-4-3-5-11(17)7-10/h3-7,17H,1-2H3. The minimum Gasteiger partial charge on any atom is -0.508 e. The molecule has 0 radical (unpaired) electrons. The summed E-state index contributed by atoms with van der Waals surface area (Å²) in [5, 5.41) is 13.4. The summed E-state index contributed by atoms with van der Waals surface area (Å²) < 4.78 is 10.7. The first-order valence-corrected chi connectivity index (χ1v) is 5.84. The Kier molecular flexibility index (Phi) is 2.59. The van der Waals surface area contributed by atoms with Crippen molar-refractivity contribution < 1.29 is 14.0 Å². The van der Waals surface area contributed by atoms with Gasteiger partial charge in [0, 0.05) is 5.56 Å². The van der Waals surface area contributed by atoms with Gasteiger partial charge in [0.1, 0.15) is 17.3 Å². The normalized spacial score (nSPS) is 10.8. The fraction of sp³-hybridized carbons (Fsp3) is 0.143. The molecule has 2 aromatic heterocycles. The summed E-state index contributed by atoms with van der Waals surface area (Å²) in [5.74, 6) is 2.55. The predicted octanol–water partition coefficient (Wildman–Crippen LogP) is 3.32. The summed E-state index contributed by atoms with van der Waals surface area (Å²) in [6.45, 7) is 3.71. The van der Waals surface area contributed by atoms with Crippen molar-refractivity contribution >= 4 is 0 Å². The van der Waals surface area contributed by atoms with Crippen molar-refractivity contribution in [1.82, 2.24) is 10.1 Å². The number of aryl methyl sites for hydroxylation is 2. The molecule has 0 unspecified atom stereocenters. The number of rotatable bonds is 2. The Morgan fingerprint density at radius 3 is 2.68 bits per heavy atom. The van der Waals surface area contributed by atoms with Gasteiger partial charge in [-0.05, 0) is 32.0 Å². The Morgan fingerprint density at radius 2 is 2.00 bits per heavy atom. The van der Waals surface area contributed by atoms with E-state index < -0.39 is 0 Å². The first kappa shape index (κ1) is 11.5. The summed E-state index contributed by atoms with van der Waals surface area (Å²) in [5.41, 5.74) is 1.49. The lowest BCUT2D eigenvalue weighted by Gasteiger charge is -1.94. The van der Waals surface area contributed by atoms with E-state index in [1.165, 1.54) is 0 Å². The number of furan rings is 1. The molecule has 0 amide bonds. The number of phenolic OH excluding ortho intramolecular Hbond substituents is 1. The Balaban J connectivity index is 2.02. The van der Waals surface area contributed by atoms with Crippen LogP contribution in [0.1, 0.15) is 11.5 Å². The summed E-state index contributed by atoms with van der Waals surface area (Å²) >= 11 is 0. The molecule has 3 aromatic rings. The van der Waals surface area contributed by atoms with Crippen LogP contribution < -0.4 is 0 Å². The summed E-state index contributed by atoms with van der Waals surface area (Å²) in [6, 6.07) is 8.57. The third-order valence-corrected chi connectivity index (χ3v) is 2.80. The Bertz CT molecular complexity index is 728. The third-order valence-electron chi connectivity index (χ3n) is 2.80. The number of nitrogens with zero attached hydrogens (tertiary/aromatic N) is 2. The van der Waals surface area contributed by atoms with Gasteiger partial charge in [0.15, 0.2) is 0 Å². The molecular formula is C14H12N2O3. The predicted molar refractivity (Wildman–Crippen MR) is 68.6 cm³/mol. The van der Waals surface area contributed by atoms with Crippen molar-refractivity contribution in [1.29, 1.82) is 0 Å². The zero-order valence-corrected chi connectivity index (χ0v) is 10.5. The van der Waals surface area contributed by atoms with Crippen molar-refractivity contribution in [2.45, 2.75) is 13.8 Å². The number of aromatic hydroxyl groups is 1. The van der Waals surface area contributed by atoms with Crippen LogP contribution in [0.25, 0.3) is 22.8 Å². The van der Waals surface area contributed by atoms with Crippen LogP contribution in [0.4, 0.5) is 0 Å². The molecule has 5 heteroatoms. The highest BCUT2D eigenvalue weighted by molar-refractivity contribution is 5.62. The summed E-state index contributed by atoms with van der Waals surface area (Å²) in [4.78, 5) is 4.32. The van der Waals surface area contributed by atoms with E-state index >= 15 is 0 Å². The lowest BCUT2D eigenvalue weighted by Crippen LogP contribution is -1.81. The molecule has 0 aliphatic heterocycles. The monoisotopic (exact) mass is 256 g/mol. The molecule has 0 bridgehead atoms. The molecule has 0 saturated heterocycles. The van der Waals surface area contributed by atoms with Crippen LogP contribution in [0.3, 0.4) is 0 Å². The number of hydrogen-bond donors (Lipinski definition) is 1. The first-order chi connectivity index (χ1) is 9.13. The molecule has 0 spiro atoms. The summed E-state index contributed by atoms with van der Waals surface area (Å²) in [7, 11) is 0. The second kappa shape index (κ2) is 4.28. The van der Waals surface area contributed by atoms with Crippen LogP contribution in [0.15, 0.2) is 39.3 Å². The largest absolute Gasteiger partial charge is 0.508 e. The first-order valence-electron chi connectivity index (χ1n) is 5.84. The second-order valence-electron chi connectivity index (χ2n) is 4.30. The molecule has 5 nitrogen and oxygen atoms in total. The van der Waals surface area contributed by atoms with Gasteiger partial charge < -0.3 is 14.0 Å². The van der Waals surface area contributed by atoms with Gasteiger partial charge in [-0.15, -0.1) is 0 Å². The van der Waals surface area contributed by atoms with Crippen LogP contribution >= 0.6 is 0 Å². The van der Waals surface area contributed by atoms with E-state index in [0.29, 0.717) is 17.3 Å². The molecule has 1 N–H and O–H groups in total. The Morgan fingerprint density at radius 1 is 1.16 bits per heavy atom. The molecule has 0 atom stereocenters. The quantitative estimate of drug-likeness (QED) is 0.761. The van der Waals surface area contributed by atoms with Crippen LogP contribution in [-0.4, -0.2) is 15.2 Å². The van der Waals surface area contributed by atoms with E-state index in [0.717, 1.165) is 17.1 Å². The van der Waals surface area contributed by atoms with Crippen LogP contribution in [0, 0.1) is 13.8 Å². The van der Waals surface area contributed by atoms with E-state index in [1.54, 1.807) is 18.2 Å². The molecule has 96 valence electrons. The maximum Gasteiger partial charge on any atom is 0.261 e. The van der Waals surface area contributed by atoms with Gasteiger partial charge in [-0.2, -0.15) is 4.98 Å². The highest BCUT2D eigenvalue weighted by atomic mass is 16.5. The van der Waals surface area contributed by atoms with Gasteiger partial charge in [0.25, 0.3) is 5.89 Å². The number of hydrogen-bond acceptors (Lipinski definition) is 5. The maximum atomic E-state index is 9.44. The zero-order chi connectivity index (χ0) is 13.4. The van der Waals surface area contributed by atoms with Crippen molar-refractivity contribution in [3.05, 3.63) is 41.9 Å². The lowest BCUT2D eigenvalue weighted by atomic mass is 10.2. The van der Waals surface area contributed by atoms with Gasteiger partial charge in [-0.1, -0.05) is 17.3 Å². The highest BCUT2D eigenvalue weighted by Crippen LogP contribution is 2.28. The second-order valence-corrected chi connectivity index (χ2v) is 4.30. The van der Waals surface area contributed by atoms with Crippen LogP contribution in [0.5, 0.6) is 5.75 Å². The SMILES string of the molecule is Cc1cc(-c2nc(-c3cccc(O)c3)no2)c(C)o1. The van der Waals surface area contributed by atoms with Crippen molar-refractivity contribution in [3.63, 3.8) is 0 Å². The average molecular weight is 256 g/mol.